The topological polar surface area (TPSA) is 39.2 Å². The van der Waals surface area contributed by atoms with Crippen molar-refractivity contribution in [3.8, 4) is 5.75 Å². The van der Waals surface area contributed by atoms with Gasteiger partial charge in [-0.1, -0.05) is 13.0 Å². The minimum absolute atomic E-state index is 0.190. The molecule has 3 aliphatic carbocycles. The van der Waals surface area contributed by atoms with E-state index in [0.717, 1.165) is 42.6 Å². The number of aromatic nitrogens is 1. The fraction of sp³-hybridized carbons (Fsp3) is 0.440. The van der Waals surface area contributed by atoms with Crippen LogP contribution in [0.25, 0.3) is 6.08 Å². The van der Waals surface area contributed by atoms with E-state index in [-0.39, 0.29) is 5.41 Å². The molecule has 0 amide bonds. The lowest BCUT2D eigenvalue weighted by molar-refractivity contribution is -0.127. The number of hydrogen-bond acceptors (Lipinski definition) is 3. The Kier molecular flexibility index (Phi) is 4.15. The number of ketones is 1. The average molecular weight is 373 g/mol. The second kappa shape index (κ2) is 6.58. The van der Waals surface area contributed by atoms with Crippen LogP contribution in [0.4, 0.5) is 0 Å². The Morgan fingerprint density at radius 1 is 1.18 bits per heavy atom. The number of hydrogen-bond donors (Lipinski definition) is 0. The summed E-state index contributed by atoms with van der Waals surface area (Å²) in [7, 11) is 1.74. The number of benzene rings is 1. The molecule has 4 atom stereocenters. The molecule has 3 nitrogen and oxygen atoms in total. The number of aryl methyl sites for hydroxylation is 1. The van der Waals surface area contributed by atoms with Gasteiger partial charge in [0.15, 0.2) is 5.78 Å². The van der Waals surface area contributed by atoms with Gasteiger partial charge in [0.2, 0.25) is 0 Å². The van der Waals surface area contributed by atoms with E-state index in [9.17, 15) is 4.79 Å². The van der Waals surface area contributed by atoms with Gasteiger partial charge in [-0.05, 0) is 102 Å². The molecule has 0 saturated heterocycles. The fourth-order valence-corrected chi connectivity index (χ4v) is 6.15. The Morgan fingerprint density at radius 3 is 2.79 bits per heavy atom. The van der Waals surface area contributed by atoms with Gasteiger partial charge in [-0.25, -0.2) is 0 Å². The van der Waals surface area contributed by atoms with Gasteiger partial charge in [-0.2, -0.15) is 0 Å². The molecule has 0 aliphatic heterocycles. The SMILES string of the molecule is COc1ccc2c(c1)CC[C@@H]1[C@@H]2CC[C@]2(C)C(=O)C(=Cc3ccncc3)C[C@@H]12. The van der Waals surface area contributed by atoms with Crippen LogP contribution in [0, 0.1) is 17.3 Å². The van der Waals surface area contributed by atoms with E-state index in [1.165, 1.54) is 17.5 Å². The van der Waals surface area contributed by atoms with Gasteiger partial charge in [0.1, 0.15) is 5.75 Å². The van der Waals surface area contributed by atoms with Crippen molar-refractivity contribution in [1.29, 1.82) is 0 Å². The molecule has 2 fully saturated rings. The normalized spacial score (nSPS) is 32.6. The highest BCUT2D eigenvalue weighted by Gasteiger charge is 2.56. The Bertz CT molecular complexity index is 948. The van der Waals surface area contributed by atoms with Crippen molar-refractivity contribution in [3.63, 3.8) is 0 Å². The molecule has 3 heteroatoms. The van der Waals surface area contributed by atoms with Gasteiger partial charge in [0, 0.05) is 17.8 Å². The Balaban J connectivity index is 1.48. The van der Waals surface area contributed by atoms with Crippen molar-refractivity contribution in [2.45, 2.75) is 44.9 Å². The molecule has 0 radical (unpaired) electrons. The minimum atomic E-state index is -0.190. The fourth-order valence-electron chi connectivity index (χ4n) is 6.15. The van der Waals surface area contributed by atoms with Gasteiger partial charge in [-0.3, -0.25) is 9.78 Å². The molecule has 1 aromatic heterocycles. The standard InChI is InChI=1S/C25H27NO2/c1-25-10-7-21-20-6-4-19(28-2)14-17(20)3-5-22(21)23(25)15-18(24(25)27)13-16-8-11-26-12-9-16/h4,6,8-9,11-14,21-23H,3,5,7,10,15H2,1-2H3/t21-,22-,23+,25+/m1/s1. The molecule has 1 heterocycles. The van der Waals surface area contributed by atoms with Crippen LogP contribution in [0.15, 0.2) is 48.3 Å². The third kappa shape index (κ3) is 2.63. The number of nitrogens with zero attached hydrogens (tertiary/aromatic N) is 1. The van der Waals surface area contributed by atoms with Gasteiger partial charge in [0.25, 0.3) is 0 Å². The number of methoxy groups -OCH3 is 1. The Labute approximate surface area is 166 Å². The molecule has 3 aliphatic rings. The zero-order valence-electron chi connectivity index (χ0n) is 16.7. The highest BCUT2D eigenvalue weighted by atomic mass is 16.5. The van der Waals surface area contributed by atoms with E-state index < -0.39 is 0 Å². The van der Waals surface area contributed by atoms with Crippen molar-refractivity contribution >= 4 is 11.9 Å². The lowest BCUT2D eigenvalue weighted by Gasteiger charge is -2.48. The highest BCUT2D eigenvalue weighted by molar-refractivity contribution is 6.05. The van der Waals surface area contributed by atoms with Crippen LogP contribution in [0.1, 0.15) is 55.2 Å². The number of pyridine rings is 1. The van der Waals surface area contributed by atoms with Gasteiger partial charge in [0.05, 0.1) is 7.11 Å². The summed E-state index contributed by atoms with van der Waals surface area (Å²) in [6.07, 6.45) is 11.0. The largest absolute Gasteiger partial charge is 0.497 e. The van der Waals surface area contributed by atoms with Crippen LogP contribution < -0.4 is 4.74 Å². The molecule has 0 N–H and O–H groups in total. The van der Waals surface area contributed by atoms with Crippen molar-refractivity contribution in [2.75, 3.05) is 7.11 Å². The van der Waals surface area contributed by atoms with Gasteiger partial charge < -0.3 is 4.74 Å². The van der Waals surface area contributed by atoms with E-state index in [2.05, 4.69) is 36.2 Å². The predicted molar refractivity (Wildman–Crippen MR) is 110 cm³/mol. The van der Waals surface area contributed by atoms with Crippen molar-refractivity contribution in [1.82, 2.24) is 4.98 Å². The first kappa shape index (κ1) is 17.7. The minimum Gasteiger partial charge on any atom is -0.497 e. The average Bonchev–Trinajstić information content (AvgIpc) is 2.99. The molecule has 2 aromatic rings. The Morgan fingerprint density at radius 2 is 2.00 bits per heavy atom. The van der Waals surface area contributed by atoms with E-state index in [4.69, 9.17) is 4.74 Å². The lowest BCUT2D eigenvalue weighted by Crippen LogP contribution is -2.42. The summed E-state index contributed by atoms with van der Waals surface area (Å²) in [4.78, 5) is 17.5. The summed E-state index contributed by atoms with van der Waals surface area (Å²) in [6.45, 7) is 2.23. The van der Waals surface area contributed by atoms with Crippen molar-refractivity contribution in [3.05, 3.63) is 65.0 Å². The predicted octanol–water partition coefficient (Wildman–Crippen LogP) is 5.21. The van der Waals surface area contributed by atoms with E-state index >= 15 is 0 Å². The van der Waals surface area contributed by atoms with E-state index in [0.29, 0.717) is 23.5 Å². The van der Waals surface area contributed by atoms with E-state index in [1.54, 1.807) is 19.5 Å². The van der Waals surface area contributed by atoms with Crippen LogP contribution in [0.3, 0.4) is 0 Å². The Hall–Kier alpha value is -2.42. The number of allylic oxidation sites excluding steroid dienone is 1. The third-order valence-corrected chi connectivity index (χ3v) is 7.62. The lowest BCUT2D eigenvalue weighted by atomic mass is 9.55. The maximum Gasteiger partial charge on any atom is 0.165 e. The molecule has 2 saturated carbocycles. The first-order valence-electron chi connectivity index (χ1n) is 10.4. The molecule has 28 heavy (non-hydrogen) atoms. The summed E-state index contributed by atoms with van der Waals surface area (Å²) < 4.78 is 5.43. The second-order valence-corrected chi connectivity index (χ2v) is 8.92. The molecule has 144 valence electrons. The zero-order valence-corrected chi connectivity index (χ0v) is 16.7. The molecule has 5 rings (SSSR count). The maximum atomic E-state index is 13.4. The van der Waals surface area contributed by atoms with Gasteiger partial charge >= 0.3 is 0 Å². The van der Waals surface area contributed by atoms with E-state index in [1.807, 2.05) is 12.1 Å². The first-order valence-corrected chi connectivity index (χ1v) is 10.4. The van der Waals surface area contributed by atoms with Crippen molar-refractivity contribution in [2.24, 2.45) is 17.3 Å². The summed E-state index contributed by atoms with van der Waals surface area (Å²) in [6, 6.07) is 10.6. The second-order valence-electron chi connectivity index (χ2n) is 8.92. The quantitative estimate of drug-likeness (QED) is 0.679. The zero-order chi connectivity index (χ0) is 19.3. The molecule has 0 bridgehead atoms. The molecular formula is C25H27NO2. The maximum absolute atomic E-state index is 13.4. The van der Waals surface area contributed by atoms with Gasteiger partial charge in [-0.15, -0.1) is 0 Å². The van der Waals surface area contributed by atoms with Crippen LogP contribution in [-0.2, 0) is 11.2 Å². The molecule has 1 aromatic carbocycles. The first-order chi connectivity index (χ1) is 13.6. The number of Topliss-reactive ketones (excluding diaryl/α,β-unsaturated/α-hetero) is 1. The smallest absolute Gasteiger partial charge is 0.165 e. The van der Waals surface area contributed by atoms with Crippen molar-refractivity contribution < 1.29 is 9.53 Å². The summed E-state index contributed by atoms with van der Waals surface area (Å²) in [5.74, 6) is 2.99. The van der Waals surface area contributed by atoms with Crippen LogP contribution in [0.2, 0.25) is 0 Å². The number of rotatable bonds is 2. The third-order valence-electron chi connectivity index (χ3n) is 7.62. The number of fused-ring (bicyclic) bond motifs is 5. The number of carbonyl (C=O) groups excluding carboxylic acids is 1. The summed E-state index contributed by atoms with van der Waals surface area (Å²) >= 11 is 0. The van der Waals surface area contributed by atoms with Crippen LogP contribution >= 0.6 is 0 Å². The summed E-state index contributed by atoms with van der Waals surface area (Å²) in [5.41, 5.74) is 4.85. The number of ether oxygens (including phenoxy) is 1. The van der Waals surface area contributed by atoms with Crippen LogP contribution in [0.5, 0.6) is 5.75 Å². The van der Waals surface area contributed by atoms with Crippen LogP contribution in [-0.4, -0.2) is 17.9 Å². The number of carbonyl (C=O) groups is 1. The molecular weight excluding hydrogens is 346 g/mol. The monoisotopic (exact) mass is 373 g/mol. The molecule has 0 unspecified atom stereocenters. The highest BCUT2D eigenvalue weighted by Crippen LogP contribution is 2.60. The molecule has 0 spiro atoms. The summed E-state index contributed by atoms with van der Waals surface area (Å²) in [5, 5.41) is 0.